The van der Waals surface area contributed by atoms with Crippen molar-refractivity contribution in [3.8, 4) is 0 Å². The molecule has 3 heterocycles. The van der Waals surface area contributed by atoms with Crippen LogP contribution in [-0.2, 0) is 12.8 Å². The molecule has 0 bridgehead atoms. The van der Waals surface area contributed by atoms with E-state index in [4.69, 9.17) is 9.97 Å². The zero-order chi connectivity index (χ0) is 20.9. The van der Waals surface area contributed by atoms with Gasteiger partial charge in [0.1, 0.15) is 5.82 Å². The summed E-state index contributed by atoms with van der Waals surface area (Å²) < 4.78 is 0. The fraction of sp³-hybridized carbons (Fsp3) is 0.833. The highest BCUT2D eigenvalue weighted by Crippen LogP contribution is 2.52. The maximum Gasteiger partial charge on any atom is 0.227 e. The minimum Gasteiger partial charge on any atom is -0.396 e. The Kier molecular flexibility index (Phi) is 5.31. The van der Waals surface area contributed by atoms with Crippen LogP contribution in [0.4, 0.5) is 11.8 Å². The number of hydrogen-bond acceptors (Lipinski definition) is 7. The third-order valence-electron chi connectivity index (χ3n) is 8.84. The summed E-state index contributed by atoms with van der Waals surface area (Å²) in [7, 11) is 2.24. The number of nitrogens with one attached hydrogen (secondary N) is 1. The lowest BCUT2D eigenvalue weighted by Gasteiger charge is -2.39. The van der Waals surface area contributed by atoms with Crippen LogP contribution in [0.1, 0.15) is 43.4 Å². The highest BCUT2D eigenvalue weighted by atomic mass is 16.3. The van der Waals surface area contributed by atoms with Crippen molar-refractivity contribution in [3.63, 3.8) is 0 Å². The van der Waals surface area contributed by atoms with Gasteiger partial charge in [-0.15, -0.1) is 0 Å². The Morgan fingerprint density at radius 2 is 1.74 bits per heavy atom. The topological polar surface area (TPSA) is 67.8 Å². The lowest BCUT2D eigenvalue weighted by atomic mass is 9.96. The summed E-state index contributed by atoms with van der Waals surface area (Å²) in [5, 5.41) is 13.5. The molecule has 1 aromatic heterocycles. The molecule has 2 N–H and O–H groups in total. The molecule has 7 heteroatoms. The van der Waals surface area contributed by atoms with Crippen LogP contribution in [0, 0.1) is 17.8 Å². The van der Waals surface area contributed by atoms with Gasteiger partial charge in [0, 0.05) is 63.5 Å². The van der Waals surface area contributed by atoms with Crippen LogP contribution in [-0.4, -0.2) is 89.9 Å². The summed E-state index contributed by atoms with van der Waals surface area (Å²) in [6, 6.07) is 1.14. The molecule has 5 aliphatic rings. The molecule has 7 nitrogen and oxygen atoms in total. The molecular weight excluding hydrogens is 388 g/mol. The van der Waals surface area contributed by atoms with E-state index in [2.05, 4.69) is 27.1 Å². The maximum absolute atomic E-state index is 9.51. The minimum atomic E-state index is 0.344. The number of aliphatic hydroxyl groups excluding tert-OH is 1. The Labute approximate surface area is 186 Å². The molecule has 0 spiro atoms. The molecule has 6 rings (SSSR count). The summed E-state index contributed by atoms with van der Waals surface area (Å²) in [5.74, 6) is 3.88. The number of aryl methyl sites for hydroxylation is 1. The third-order valence-corrected chi connectivity index (χ3v) is 8.84. The molecule has 1 unspecified atom stereocenters. The van der Waals surface area contributed by atoms with E-state index < -0.39 is 0 Å². The molecule has 0 aromatic carbocycles. The second-order valence-corrected chi connectivity index (χ2v) is 10.7. The zero-order valence-corrected chi connectivity index (χ0v) is 19.0. The molecular formula is C24H38N6O. The van der Waals surface area contributed by atoms with E-state index in [1.165, 1.54) is 69.5 Å². The van der Waals surface area contributed by atoms with E-state index in [-0.39, 0.29) is 0 Å². The second-order valence-electron chi connectivity index (χ2n) is 10.7. The van der Waals surface area contributed by atoms with Gasteiger partial charge in [-0.1, -0.05) is 0 Å². The lowest BCUT2D eigenvalue weighted by molar-refractivity contribution is 0.109. The van der Waals surface area contributed by atoms with Crippen LogP contribution < -0.4 is 10.2 Å². The summed E-state index contributed by atoms with van der Waals surface area (Å²) >= 11 is 0. The quantitative estimate of drug-likeness (QED) is 0.741. The van der Waals surface area contributed by atoms with Crippen molar-refractivity contribution in [2.45, 2.75) is 57.0 Å². The first-order valence-electron chi connectivity index (χ1n) is 12.7. The van der Waals surface area contributed by atoms with E-state index in [1.807, 2.05) is 0 Å². The smallest absolute Gasteiger partial charge is 0.227 e. The van der Waals surface area contributed by atoms with Crippen molar-refractivity contribution in [1.82, 2.24) is 19.8 Å². The monoisotopic (exact) mass is 426 g/mol. The molecule has 4 fully saturated rings. The van der Waals surface area contributed by atoms with Gasteiger partial charge < -0.3 is 20.2 Å². The van der Waals surface area contributed by atoms with Crippen LogP contribution in [0.5, 0.6) is 0 Å². The Balaban J connectivity index is 1.22. The first-order chi connectivity index (χ1) is 15.2. The Morgan fingerprint density at radius 3 is 2.52 bits per heavy atom. The number of fused-ring (bicyclic) bond motifs is 2. The highest BCUT2D eigenvalue weighted by Gasteiger charge is 2.55. The number of anilines is 2. The summed E-state index contributed by atoms with van der Waals surface area (Å²) in [5.41, 5.74) is 2.67. The van der Waals surface area contributed by atoms with Crippen molar-refractivity contribution in [2.24, 2.45) is 17.8 Å². The van der Waals surface area contributed by atoms with Crippen molar-refractivity contribution >= 4 is 11.8 Å². The molecule has 5 atom stereocenters. The number of rotatable bonds is 5. The third kappa shape index (κ3) is 3.72. The van der Waals surface area contributed by atoms with E-state index in [0.717, 1.165) is 37.7 Å². The van der Waals surface area contributed by atoms with E-state index >= 15 is 0 Å². The second kappa shape index (κ2) is 8.16. The summed E-state index contributed by atoms with van der Waals surface area (Å²) in [6.07, 6.45) is 8.56. The number of nitrogens with zero attached hydrogens (tertiary/aromatic N) is 5. The molecule has 3 aliphatic carbocycles. The zero-order valence-electron chi connectivity index (χ0n) is 19.0. The van der Waals surface area contributed by atoms with Gasteiger partial charge in [0.2, 0.25) is 5.95 Å². The molecule has 170 valence electrons. The van der Waals surface area contributed by atoms with Crippen LogP contribution in [0.3, 0.4) is 0 Å². The van der Waals surface area contributed by atoms with Gasteiger partial charge in [-0.25, -0.2) is 4.98 Å². The Morgan fingerprint density at radius 1 is 0.968 bits per heavy atom. The van der Waals surface area contributed by atoms with E-state index in [9.17, 15) is 5.11 Å². The average Bonchev–Trinajstić information content (AvgIpc) is 3.11. The fourth-order valence-corrected chi connectivity index (χ4v) is 6.80. The first kappa shape index (κ1) is 20.2. The van der Waals surface area contributed by atoms with Crippen molar-refractivity contribution in [2.75, 3.05) is 63.1 Å². The standard InChI is InChI=1S/C24H38N6O/c1-28-9-11-29(12-10-28)22-8-4-7-21(22)25-23-16-5-2-3-6-20(16)26-24(27-23)30-13-17-18(14-30)19(17)15-31/h17-19,21-22,31H,2-15H2,1H3,(H,25,26,27)/t17-,18+,19?,21-,22-/m1/s1. The summed E-state index contributed by atoms with van der Waals surface area (Å²) in [6.45, 7) is 7.12. The first-order valence-corrected chi connectivity index (χ1v) is 12.7. The molecule has 1 aromatic rings. The number of piperidine rings is 1. The van der Waals surface area contributed by atoms with E-state index in [1.54, 1.807) is 0 Å². The largest absolute Gasteiger partial charge is 0.396 e. The van der Waals surface area contributed by atoms with Crippen molar-refractivity contribution < 1.29 is 5.11 Å². The van der Waals surface area contributed by atoms with Gasteiger partial charge in [0.15, 0.2) is 0 Å². The fourth-order valence-electron chi connectivity index (χ4n) is 6.80. The van der Waals surface area contributed by atoms with Gasteiger partial charge in [-0.3, -0.25) is 4.90 Å². The number of aromatic nitrogens is 2. The highest BCUT2D eigenvalue weighted by molar-refractivity contribution is 5.54. The summed E-state index contributed by atoms with van der Waals surface area (Å²) in [4.78, 5) is 17.7. The van der Waals surface area contributed by atoms with Crippen molar-refractivity contribution in [3.05, 3.63) is 11.3 Å². The molecule has 0 amide bonds. The Bertz CT molecular complexity index is 798. The van der Waals surface area contributed by atoms with Gasteiger partial charge >= 0.3 is 0 Å². The maximum atomic E-state index is 9.51. The van der Waals surface area contributed by atoms with E-state index in [0.29, 0.717) is 36.4 Å². The van der Waals surface area contributed by atoms with Crippen LogP contribution >= 0.6 is 0 Å². The van der Waals surface area contributed by atoms with Gasteiger partial charge in [0.05, 0.1) is 5.69 Å². The lowest BCUT2D eigenvalue weighted by Crippen LogP contribution is -2.52. The van der Waals surface area contributed by atoms with Crippen LogP contribution in [0.2, 0.25) is 0 Å². The van der Waals surface area contributed by atoms with Gasteiger partial charge in [-0.05, 0) is 69.7 Å². The Hall–Kier alpha value is -1.44. The van der Waals surface area contributed by atoms with Crippen LogP contribution in [0.15, 0.2) is 0 Å². The molecule has 2 saturated carbocycles. The number of piperazine rings is 1. The molecule has 31 heavy (non-hydrogen) atoms. The molecule has 0 radical (unpaired) electrons. The SMILES string of the molecule is CN1CCN([C@@H]2CCC[C@H]2Nc2nc(N3C[C@@H]4C(CO)[C@@H]4C3)nc3c2CCCC3)CC1. The molecule has 2 saturated heterocycles. The molecule has 2 aliphatic heterocycles. The van der Waals surface area contributed by atoms with Gasteiger partial charge in [0.25, 0.3) is 0 Å². The van der Waals surface area contributed by atoms with Gasteiger partial charge in [-0.2, -0.15) is 4.98 Å². The van der Waals surface area contributed by atoms with Crippen molar-refractivity contribution in [1.29, 1.82) is 0 Å². The minimum absolute atomic E-state index is 0.344. The average molecular weight is 427 g/mol. The van der Waals surface area contributed by atoms with Crippen LogP contribution in [0.25, 0.3) is 0 Å². The normalized spacial score (nSPS) is 35.8. The number of aliphatic hydroxyl groups is 1. The predicted octanol–water partition coefficient (Wildman–Crippen LogP) is 1.61. The number of hydrogen-bond donors (Lipinski definition) is 2. The number of likely N-dealkylation sites (N-methyl/N-ethyl adjacent to an activating group) is 1. The predicted molar refractivity (Wildman–Crippen MR) is 123 cm³/mol.